The summed E-state index contributed by atoms with van der Waals surface area (Å²) in [5.74, 6) is 1.61. The topological polar surface area (TPSA) is 76.7 Å². The van der Waals surface area contributed by atoms with E-state index in [-0.39, 0.29) is 18.8 Å². The van der Waals surface area contributed by atoms with Crippen LogP contribution in [-0.2, 0) is 11.2 Å². The number of H-pyrrole nitrogens is 1. The number of hydrogen-bond acceptors (Lipinski definition) is 6. The van der Waals surface area contributed by atoms with Gasteiger partial charge in [-0.2, -0.15) is 0 Å². The maximum Gasteiger partial charge on any atom is 0.191 e. The van der Waals surface area contributed by atoms with Gasteiger partial charge in [0.25, 0.3) is 0 Å². The first-order chi connectivity index (χ1) is 15.4. The third-order valence-corrected chi connectivity index (χ3v) is 5.17. The molecule has 1 aliphatic rings. The van der Waals surface area contributed by atoms with E-state index in [1.165, 1.54) is 6.07 Å². The van der Waals surface area contributed by atoms with Gasteiger partial charge in [0, 0.05) is 24.1 Å². The second-order valence-electron chi connectivity index (χ2n) is 7.98. The van der Waals surface area contributed by atoms with E-state index in [2.05, 4.69) is 9.97 Å². The first-order valence-corrected chi connectivity index (χ1v) is 10.4. The fourth-order valence-electron chi connectivity index (χ4n) is 3.45. The van der Waals surface area contributed by atoms with Crippen molar-refractivity contribution in [1.82, 2.24) is 14.9 Å². The number of rotatable bonds is 8. The number of aryl methyl sites for hydroxylation is 1. The van der Waals surface area contributed by atoms with E-state index in [1.54, 1.807) is 31.3 Å². The zero-order chi connectivity index (χ0) is 22.7. The molecule has 1 unspecified atom stereocenters. The molecule has 0 amide bonds. The number of aromatic amines is 1. The molecule has 0 bridgehead atoms. The molecule has 0 spiro atoms. The Labute approximate surface area is 186 Å². The summed E-state index contributed by atoms with van der Waals surface area (Å²) < 4.78 is 32.4. The zero-order valence-corrected chi connectivity index (χ0v) is 18.4. The van der Waals surface area contributed by atoms with Crippen molar-refractivity contribution in [2.45, 2.75) is 19.4 Å². The van der Waals surface area contributed by atoms with Gasteiger partial charge in [-0.25, -0.2) is 9.37 Å². The van der Waals surface area contributed by atoms with Crippen LogP contribution in [0.5, 0.6) is 17.2 Å². The SMILES string of the molecule is Cc1ncc(-c2cc(OCCN(C)C)c(CC(=O)C3COc4ccccc4O3)cc2F)[nH]1. The van der Waals surface area contributed by atoms with Gasteiger partial charge in [0.05, 0.1) is 11.9 Å². The predicted octanol–water partition coefficient (Wildman–Crippen LogP) is 3.42. The standard InChI is InChI=1S/C24H26FN3O4/c1-15-26-13-19(27-15)17-12-23(30-9-8-28(2)3)16(10-18(17)25)11-20(29)24-14-31-21-6-4-5-7-22(21)32-24/h4-7,10,12-13,24H,8-9,11,14H2,1-3H3,(H,26,27). The number of likely N-dealkylation sites (N-methyl/N-ethyl adjacent to an activating group) is 1. The summed E-state index contributed by atoms with van der Waals surface area (Å²) in [6.45, 7) is 2.99. The molecule has 1 aromatic heterocycles. The monoisotopic (exact) mass is 439 g/mol. The summed E-state index contributed by atoms with van der Waals surface area (Å²) in [5.41, 5.74) is 1.36. The Hall–Kier alpha value is -3.39. The lowest BCUT2D eigenvalue weighted by atomic mass is 10.0. The number of imidazole rings is 1. The second kappa shape index (κ2) is 9.40. The molecule has 0 fully saturated rings. The van der Waals surface area contributed by atoms with Crippen molar-refractivity contribution in [2.24, 2.45) is 0 Å². The molecule has 2 aromatic carbocycles. The fraction of sp³-hybridized carbons (Fsp3) is 0.333. The van der Waals surface area contributed by atoms with Crippen molar-refractivity contribution < 1.29 is 23.4 Å². The number of benzene rings is 2. The van der Waals surface area contributed by atoms with E-state index < -0.39 is 11.9 Å². The molecule has 8 heteroatoms. The lowest BCUT2D eigenvalue weighted by molar-refractivity contribution is -0.127. The minimum Gasteiger partial charge on any atom is -0.492 e. The Morgan fingerprint density at radius 1 is 1.28 bits per heavy atom. The number of carbonyl (C=O) groups is 1. The predicted molar refractivity (Wildman–Crippen MR) is 118 cm³/mol. The van der Waals surface area contributed by atoms with E-state index in [1.807, 2.05) is 31.1 Å². The Morgan fingerprint density at radius 2 is 2.06 bits per heavy atom. The van der Waals surface area contributed by atoms with E-state index in [0.717, 1.165) is 0 Å². The summed E-state index contributed by atoms with van der Waals surface area (Å²) in [4.78, 5) is 22.1. The largest absolute Gasteiger partial charge is 0.492 e. The van der Waals surface area contributed by atoms with Gasteiger partial charge in [0.2, 0.25) is 0 Å². The van der Waals surface area contributed by atoms with Crippen LogP contribution in [-0.4, -0.2) is 60.6 Å². The quantitative estimate of drug-likeness (QED) is 0.580. The molecule has 0 aliphatic carbocycles. The van der Waals surface area contributed by atoms with Gasteiger partial charge in [-0.15, -0.1) is 0 Å². The van der Waals surface area contributed by atoms with Crippen molar-refractivity contribution in [1.29, 1.82) is 0 Å². The highest BCUT2D eigenvalue weighted by atomic mass is 19.1. The molecule has 0 radical (unpaired) electrons. The van der Waals surface area contributed by atoms with Crippen LogP contribution in [0.2, 0.25) is 0 Å². The van der Waals surface area contributed by atoms with Gasteiger partial charge in [-0.3, -0.25) is 4.79 Å². The number of Topliss-reactive ketones (excluding diaryl/α,β-unsaturated/α-hetero) is 1. The van der Waals surface area contributed by atoms with Gasteiger partial charge in [-0.1, -0.05) is 12.1 Å². The number of nitrogens with zero attached hydrogens (tertiary/aromatic N) is 2. The Morgan fingerprint density at radius 3 is 2.78 bits per heavy atom. The highest BCUT2D eigenvalue weighted by Crippen LogP contribution is 2.33. The number of ketones is 1. The minimum atomic E-state index is -0.766. The summed E-state index contributed by atoms with van der Waals surface area (Å²) in [6.07, 6.45) is 0.775. The molecule has 2 heterocycles. The molecule has 7 nitrogen and oxygen atoms in total. The third-order valence-electron chi connectivity index (χ3n) is 5.17. The van der Waals surface area contributed by atoms with Crippen LogP contribution in [0.1, 0.15) is 11.4 Å². The van der Waals surface area contributed by atoms with E-state index >= 15 is 0 Å². The van der Waals surface area contributed by atoms with Gasteiger partial charge in [0.1, 0.15) is 30.6 Å². The molecule has 1 aliphatic heterocycles. The van der Waals surface area contributed by atoms with Crippen molar-refractivity contribution in [3.8, 4) is 28.5 Å². The Bertz CT molecular complexity index is 1110. The summed E-state index contributed by atoms with van der Waals surface area (Å²) >= 11 is 0. The molecule has 168 valence electrons. The molecule has 0 saturated carbocycles. The number of aromatic nitrogens is 2. The molecule has 1 N–H and O–H groups in total. The van der Waals surface area contributed by atoms with Crippen LogP contribution in [0.15, 0.2) is 42.6 Å². The number of halogens is 1. The molecular formula is C24H26FN3O4. The number of para-hydroxylation sites is 2. The van der Waals surface area contributed by atoms with Crippen molar-refractivity contribution in [3.05, 3.63) is 59.8 Å². The summed E-state index contributed by atoms with van der Waals surface area (Å²) in [6, 6.07) is 10.2. The van der Waals surface area contributed by atoms with E-state index in [4.69, 9.17) is 14.2 Å². The molecule has 4 rings (SSSR count). The first-order valence-electron chi connectivity index (χ1n) is 10.4. The Balaban J connectivity index is 1.57. The molecule has 1 atom stereocenters. The molecular weight excluding hydrogens is 413 g/mol. The van der Waals surface area contributed by atoms with Crippen LogP contribution in [0.25, 0.3) is 11.3 Å². The normalized spacial score (nSPS) is 15.1. The van der Waals surface area contributed by atoms with Crippen LogP contribution in [0.4, 0.5) is 4.39 Å². The van der Waals surface area contributed by atoms with E-state index in [0.29, 0.717) is 53.0 Å². The highest BCUT2D eigenvalue weighted by molar-refractivity contribution is 5.87. The van der Waals surface area contributed by atoms with Gasteiger partial charge < -0.3 is 24.1 Å². The lowest BCUT2D eigenvalue weighted by Gasteiger charge is -2.25. The third kappa shape index (κ3) is 4.91. The maximum atomic E-state index is 15.0. The van der Waals surface area contributed by atoms with Crippen molar-refractivity contribution in [3.63, 3.8) is 0 Å². The molecule has 0 saturated heterocycles. The van der Waals surface area contributed by atoms with E-state index in [9.17, 15) is 9.18 Å². The average molecular weight is 439 g/mol. The summed E-state index contributed by atoms with van der Waals surface area (Å²) in [5, 5.41) is 0. The number of hydrogen-bond donors (Lipinski definition) is 1. The van der Waals surface area contributed by atoms with Crippen molar-refractivity contribution in [2.75, 3.05) is 33.9 Å². The first kappa shape index (κ1) is 21.8. The highest BCUT2D eigenvalue weighted by Gasteiger charge is 2.28. The van der Waals surface area contributed by atoms with Crippen molar-refractivity contribution >= 4 is 5.78 Å². The number of nitrogens with one attached hydrogen (secondary N) is 1. The second-order valence-corrected chi connectivity index (χ2v) is 7.98. The van der Waals surface area contributed by atoms with Crippen LogP contribution >= 0.6 is 0 Å². The van der Waals surface area contributed by atoms with Gasteiger partial charge >= 0.3 is 0 Å². The lowest BCUT2D eigenvalue weighted by Crippen LogP contribution is -2.37. The van der Waals surface area contributed by atoms with Crippen LogP contribution < -0.4 is 14.2 Å². The van der Waals surface area contributed by atoms with Gasteiger partial charge in [-0.05, 0) is 45.3 Å². The molecule has 32 heavy (non-hydrogen) atoms. The number of ether oxygens (including phenoxy) is 3. The van der Waals surface area contributed by atoms with Gasteiger partial charge in [0.15, 0.2) is 23.4 Å². The van der Waals surface area contributed by atoms with Crippen LogP contribution in [0, 0.1) is 12.7 Å². The zero-order valence-electron chi connectivity index (χ0n) is 18.4. The van der Waals surface area contributed by atoms with Crippen LogP contribution in [0.3, 0.4) is 0 Å². The maximum absolute atomic E-state index is 15.0. The smallest absolute Gasteiger partial charge is 0.191 e. The molecule has 3 aromatic rings. The average Bonchev–Trinajstić information content (AvgIpc) is 3.20. The fourth-order valence-corrected chi connectivity index (χ4v) is 3.45. The summed E-state index contributed by atoms with van der Waals surface area (Å²) in [7, 11) is 3.88. The Kier molecular flexibility index (Phi) is 6.41. The number of carbonyl (C=O) groups excluding carboxylic acids is 1. The minimum absolute atomic E-state index is 0.0350. The number of fused-ring (bicyclic) bond motifs is 1.